The summed E-state index contributed by atoms with van der Waals surface area (Å²) in [7, 11) is 0. The van der Waals surface area contributed by atoms with Crippen molar-refractivity contribution in [2.75, 3.05) is 11.9 Å². The predicted molar refractivity (Wildman–Crippen MR) is 108 cm³/mol. The lowest BCUT2D eigenvalue weighted by molar-refractivity contribution is -0.275. The summed E-state index contributed by atoms with van der Waals surface area (Å²) in [6.07, 6.45) is -6.04. The SMILES string of the molecule is CCOC(=O)Nc1cc(C2=NOC(c3cc(Cl)cc(Cl)c3)(C(F)(F)F)C2)ccc1C. The Labute approximate surface area is 180 Å². The highest BCUT2D eigenvalue weighted by Crippen LogP contribution is 2.49. The summed E-state index contributed by atoms with van der Waals surface area (Å²) in [5, 5.41) is 6.37. The fourth-order valence-electron chi connectivity index (χ4n) is 3.06. The molecule has 1 unspecified atom stereocenters. The number of hydrogen-bond acceptors (Lipinski definition) is 4. The molecule has 3 rings (SSSR count). The molecule has 0 spiro atoms. The minimum absolute atomic E-state index is 0.0504. The van der Waals surface area contributed by atoms with Crippen molar-refractivity contribution >= 4 is 40.7 Å². The van der Waals surface area contributed by atoms with Gasteiger partial charge in [0.15, 0.2) is 0 Å². The standard InChI is InChI=1S/C20H17Cl2F3N2O3/c1-3-29-18(28)26-16-6-12(5-4-11(16)2)17-10-19(30-27-17,20(23,24)25)13-7-14(21)9-15(22)8-13/h4-9H,3,10H2,1-2H3,(H,26,28). The molecular weight excluding hydrogens is 444 g/mol. The van der Waals surface area contributed by atoms with Crippen molar-refractivity contribution in [3.63, 3.8) is 0 Å². The Morgan fingerprint density at radius 1 is 1.23 bits per heavy atom. The number of carbonyl (C=O) groups is 1. The molecular formula is C20H17Cl2F3N2O3. The summed E-state index contributed by atoms with van der Waals surface area (Å²) in [6, 6.07) is 8.42. The quantitative estimate of drug-likeness (QED) is 0.569. The normalized spacial score (nSPS) is 18.6. The lowest BCUT2D eigenvalue weighted by Gasteiger charge is -2.29. The van der Waals surface area contributed by atoms with Gasteiger partial charge in [0, 0.05) is 33.3 Å². The summed E-state index contributed by atoms with van der Waals surface area (Å²) in [5.41, 5.74) is -1.44. The van der Waals surface area contributed by atoms with Crippen LogP contribution in [0.15, 0.2) is 41.6 Å². The Bertz CT molecular complexity index is 991. The van der Waals surface area contributed by atoms with E-state index in [2.05, 4.69) is 10.5 Å². The maximum Gasteiger partial charge on any atom is 0.435 e. The third kappa shape index (κ3) is 4.34. The third-order valence-corrected chi connectivity index (χ3v) is 5.03. The van der Waals surface area contributed by atoms with E-state index in [1.807, 2.05) is 0 Å². The van der Waals surface area contributed by atoms with Crippen LogP contribution in [0, 0.1) is 6.92 Å². The molecule has 1 aliphatic heterocycles. The first-order valence-electron chi connectivity index (χ1n) is 8.89. The number of amides is 1. The number of anilines is 1. The zero-order valence-corrected chi connectivity index (χ0v) is 17.5. The van der Waals surface area contributed by atoms with Crippen molar-refractivity contribution in [2.45, 2.75) is 32.0 Å². The molecule has 1 heterocycles. The summed E-state index contributed by atoms with van der Waals surface area (Å²) in [4.78, 5) is 16.7. The van der Waals surface area contributed by atoms with Crippen LogP contribution in [0.1, 0.15) is 30.0 Å². The van der Waals surface area contributed by atoms with Crippen molar-refractivity contribution in [1.29, 1.82) is 0 Å². The van der Waals surface area contributed by atoms with Gasteiger partial charge in [-0.2, -0.15) is 13.2 Å². The van der Waals surface area contributed by atoms with Crippen molar-refractivity contribution in [3.05, 3.63) is 63.1 Å². The van der Waals surface area contributed by atoms with Crippen LogP contribution < -0.4 is 5.32 Å². The number of oxime groups is 1. The molecule has 0 saturated carbocycles. The van der Waals surface area contributed by atoms with Crippen molar-refractivity contribution in [2.24, 2.45) is 5.16 Å². The number of hydrogen-bond donors (Lipinski definition) is 1. The second kappa shape index (κ2) is 8.35. The smallest absolute Gasteiger partial charge is 0.435 e. The Morgan fingerprint density at radius 3 is 2.50 bits per heavy atom. The van der Waals surface area contributed by atoms with Crippen LogP contribution in [0.4, 0.5) is 23.7 Å². The summed E-state index contributed by atoms with van der Waals surface area (Å²) < 4.78 is 47.1. The van der Waals surface area contributed by atoms with Crippen molar-refractivity contribution in [3.8, 4) is 0 Å². The molecule has 1 N–H and O–H groups in total. The maximum atomic E-state index is 14.1. The zero-order valence-electron chi connectivity index (χ0n) is 15.9. The Kier molecular flexibility index (Phi) is 6.19. The largest absolute Gasteiger partial charge is 0.450 e. The topological polar surface area (TPSA) is 59.9 Å². The van der Waals surface area contributed by atoms with Crippen molar-refractivity contribution in [1.82, 2.24) is 0 Å². The Hall–Kier alpha value is -2.45. The molecule has 160 valence electrons. The molecule has 1 atom stereocenters. The highest BCUT2D eigenvalue weighted by atomic mass is 35.5. The lowest BCUT2D eigenvalue weighted by atomic mass is 9.86. The van der Waals surface area contributed by atoms with Gasteiger partial charge in [0.1, 0.15) is 0 Å². The summed E-state index contributed by atoms with van der Waals surface area (Å²) >= 11 is 11.8. The van der Waals surface area contributed by atoms with Crippen LogP contribution in [0.3, 0.4) is 0 Å². The number of nitrogens with one attached hydrogen (secondary N) is 1. The van der Waals surface area contributed by atoms with Gasteiger partial charge in [-0.05, 0) is 43.7 Å². The summed E-state index contributed by atoms with van der Waals surface area (Å²) in [5.74, 6) is 0. The number of benzene rings is 2. The monoisotopic (exact) mass is 460 g/mol. The number of aryl methyl sites for hydroxylation is 1. The number of halogens is 5. The number of rotatable bonds is 4. The molecule has 0 radical (unpaired) electrons. The molecule has 0 bridgehead atoms. The first kappa shape index (κ1) is 22.2. The third-order valence-electron chi connectivity index (χ3n) is 4.60. The average Bonchev–Trinajstić information content (AvgIpc) is 3.10. The van der Waals surface area contributed by atoms with Gasteiger partial charge in [0.25, 0.3) is 5.60 Å². The molecule has 1 amide bonds. The van der Waals surface area contributed by atoms with Gasteiger partial charge >= 0.3 is 12.3 Å². The lowest BCUT2D eigenvalue weighted by Crippen LogP contribution is -2.42. The van der Waals surface area contributed by atoms with E-state index in [0.29, 0.717) is 16.8 Å². The molecule has 1 aliphatic rings. The van der Waals surface area contributed by atoms with Crippen molar-refractivity contribution < 1.29 is 27.5 Å². The first-order chi connectivity index (χ1) is 14.1. The van der Waals surface area contributed by atoms with Crippen LogP contribution in [-0.2, 0) is 15.2 Å². The van der Waals surface area contributed by atoms with E-state index in [9.17, 15) is 18.0 Å². The van der Waals surface area contributed by atoms with Gasteiger partial charge in [0.2, 0.25) is 0 Å². The molecule has 0 aromatic heterocycles. The average molecular weight is 461 g/mol. The number of alkyl halides is 3. The fourth-order valence-corrected chi connectivity index (χ4v) is 3.58. The van der Waals surface area contributed by atoms with E-state index < -0.39 is 24.3 Å². The van der Waals surface area contributed by atoms with Gasteiger partial charge in [0.05, 0.1) is 12.3 Å². The second-order valence-electron chi connectivity index (χ2n) is 6.66. The van der Waals surface area contributed by atoms with Crippen LogP contribution in [0.5, 0.6) is 0 Å². The molecule has 0 fully saturated rings. The first-order valence-corrected chi connectivity index (χ1v) is 9.64. The van der Waals surface area contributed by atoms with Gasteiger partial charge < -0.3 is 9.57 Å². The molecule has 2 aromatic rings. The highest BCUT2D eigenvalue weighted by molar-refractivity contribution is 6.34. The molecule has 0 aliphatic carbocycles. The Balaban J connectivity index is 1.96. The molecule has 0 saturated heterocycles. The van der Waals surface area contributed by atoms with Gasteiger partial charge in [-0.3, -0.25) is 5.32 Å². The zero-order chi connectivity index (χ0) is 22.1. The van der Waals surface area contributed by atoms with Gasteiger partial charge in [-0.25, -0.2) is 4.79 Å². The number of ether oxygens (including phenoxy) is 1. The Morgan fingerprint density at radius 2 is 1.90 bits per heavy atom. The van der Waals surface area contributed by atoms with E-state index >= 15 is 0 Å². The van der Waals surface area contributed by atoms with E-state index in [0.717, 1.165) is 12.1 Å². The van der Waals surface area contributed by atoms with E-state index in [1.165, 1.54) is 12.1 Å². The summed E-state index contributed by atoms with van der Waals surface area (Å²) in [6.45, 7) is 3.58. The maximum absolute atomic E-state index is 14.1. The highest BCUT2D eigenvalue weighted by Gasteiger charge is 2.62. The van der Waals surface area contributed by atoms with Crippen LogP contribution >= 0.6 is 23.2 Å². The molecule has 5 nitrogen and oxygen atoms in total. The van der Waals surface area contributed by atoms with Crippen LogP contribution in [0.25, 0.3) is 0 Å². The minimum atomic E-state index is -4.79. The van der Waals surface area contributed by atoms with E-state index in [-0.39, 0.29) is 27.9 Å². The molecule has 10 heteroatoms. The minimum Gasteiger partial charge on any atom is -0.450 e. The number of carbonyl (C=O) groups excluding carboxylic acids is 1. The van der Waals surface area contributed by atoms with E-state index in [4.69, 9.17) is 32.8 Å². The number of nitrogens with zero attached hydrogens (tertiary/aromatic N) is 1. The molecule has 2 aromatic carbocycles. The van der Waals surface area contributed by atoms with Crippen LogP contribution in [-0.4, -0.2) is 24.6 Å². The second-order valence-corrected chi connectivity index (χ2v) is 7.54. The molecule has 30 heavy (non-hydrogen) atoms. The van der Waals surface area contributed by atoms with Gasteiger partial charge in [-0.1, -0.05) is 40.5 Å². The van der Waals surface area contributed by atoms with E-state index in [1.54, 1.807) is 26.0 Å². The predicted octanol–water partition coefficient (Wildman–Crippen LogP) is 6.45. The van der Waals surface area contributed by atoms with Crippen LogP contribution in [0.2, 0.25) is 10.0 Å². The fraction of sp³-hybridized carbons (Fsp3) is 0.300. The van der Waals surface area contributed by atoms with Gasteiger partial charge in [-0.15, -0.1) is 0 Å².